The molecule has 0 aliphatic rings. The molecule has 0 unspecified atom stereocenters. The van der Waals surface area contributed by atoms with E-state index in [0.29, 0.717) is 6.04 Å². The first-order valence-corrected chi connectivity index (χ1v) is 3.63. The summed E-state index contributed by atoms with van der Waals surface area (Å²) in [5.74, 6) is 0. The minimum Gasteiger partial charge on any atom is -0.332 e. The maximum absolute atomic E-state index is 4.20. The number of aromatic nitrogens is 2. The van der Waals surface area contributed by atoms with Crippen molar-refractivity contribution >= 4 is 0 Å². The zero-order chi connectivity index (χ0) is 7.72. The Kier molecular flexibility index (Phi) is 1.79. The lowest BCUT2D eigenvalue weighted by Crippen LogP contribution is -2.00. The fraction of sp³-hybridized carbons (Fsp3) is 0.625. The molecule has 1 heterocycles. The van der Waals surface area contributed by atoms with Crippen LogP contribution in [0.15, 0.2) is 6.33 Å². The maximum atomic E-state index is 4.20. The van der Waals surface area contributed by atoms with Gasteiger partial charge in [0, 0.05) is 11.7 Å². The molecule has 0 bridgehead atoms. The van der Waals surface area contributed by atoms with Crippen molar-refractivity contribution < 1.29 is 0 Å². The Labute approximate surface area is 61.9 Å². The van der Waals surface area contributed by atoms with E-state index in [4.69, 9.17) is 0 Å². The van der Waals surface area contributed by atoms with Gasteiger partial charge in [0.2, 0.25) is 0 Å². The molecule has 0 saturated heterocycles. The van der Waals surface area contributed by atoms with Crippen molar-refractivity contribution in [1.29, 1.82) is 0 Å². The quantitative estimate of drug-likeness (QED) is 0.581. The zero-order valence-electron chi connectivity index (χ0n) is 7.05. The molecule has 0 spiro atoms. The van der Waals surface area contributed by atoms with Gasteiger partial charge in [-0.2, -0.15) is 0 Å². The highest BCUT2D eigenvalue weighted by Gasteiger charge is 2.03. The van der Waals surface area contributed by atoms with E-state index in [0.717, 1.165) is 5.69 Å². The first-order valence-electron chi connectivity index (χ1n) is 3.63. The summed E-state index contributed by atoms with van der Waals surface area (Å²) in [6.07, 6.45) is 1.90. The van der Waals surface area contributed by atoms with Crippen LogP contribution in [-0.4, -0.2) is 9.55 Å². The fourth-order valence-corrected chi connectivity index (χ4v) is 1.04. The summed E-state index contributed by atoms with van der Waals surface area (Å²) in [6, 6.07) is 0.529. The molecule has 1 rings (SSSR count). The summed E-state index contributed by atoms with van der Waals surface area (Å²) in [5, 5.41) is 0. The number of rotatable bonds is 1. The molecule has 0 aliphatic carbocycles. The van der Waals surface area contributed by atoms with Gasteiger partial charge in [0.05, 0.1) is 12.0 Å². The highest BCUT2D eigenvalue weighted by atomic mass is 15.1. The van der Waals surface area contributed by atoms with Crippen LogP contribution >= 0.6 is 0 Å². The molecule has 0 N–H and O–H groups in total. The van der Waals surface area contributed by atoms with Gasteiger partial charge in [-0.1, -0.05) is 0 Å². The average Bonchev–Trinajstić information content (AvgIpc) is 2.14. The third-order valence-corrected chi connectivity index (χ3v) is 1.84. The van der Waals surface area contributed by atoms with Gasteiger partial charge in [-0.05, 0) is 27.7 Å². The molecule has 0 aromatic carbocycles. The van der Waals surface area contributed by atoms with Crippen molar-refractivity contribution in [3.63, 3.8) is 0 Å². The Morgan fingerprint density at radius 1 is 1.40 bits per heavy atom. The van der Waals surface area contributed by atoms with E-state index in [2.05, 4.69) is 30.3 Å². The van der Waals surface area contributed by atoms with Crippen LogP contribution in [0.4, 0.5) is 0 Å². The van der Waals surface area contributed by atoms with Crippen LogP contribution < -0.4 is 0 Å². The zero-order valence-corrected chi connectivity index (χ0v) is 7.05. The van der Waals surface area contributed by atoms with Crippen molar-refractivity contribution in [2.24, 2.45) is 0 Å². The molecule has 0 atom stereocenters. The Balaban J connectivity index is 3.05. The van der Waals surface area contributed by atoms with Crippen LogP contribution in [-0.2, 0) is 0 Å². The van der Waals surface area contributed by atoms with Gasteiger partial charge >= 0.3 is 0 Å². The smallest absolute Gasteiger partial charge is 0.0953 e. The van der Waals surface area contributed by atoms with Crippen LogP contribution in [0.1, 0.15) is 31.3 Å². The SMILES string of the molecule is Cc1ncn(C(C)C)c1C. The average molecular weight is 138 g/mol. The van der Waals surface area contributed by atoms with Gasteiger partial charge in [-0.25, -0.2) is 4.98 Å². The van der Waals surface area contributed by atoms with Crippen molar-refractivity contribution in [3.05, 3.63) is 17.7 Å². The number of imidazole rings is 1. The number of hydrogen-bond donors (Lipinski definition) is 0. The largest absolute Gasteiger partial charge is 0.332 e. The molecule has 2 heteroatoms. The molecule has 0 aliphatic heterocycles. The van der Waals surface area contributed by atoms with E-state index in [9.17, 15) is 0 Å². The minimum atomic E-state index is 0.529. The fourth-order valence-electron chi connectivity index (χ4n) is 1.04. The molecule has 10 heavy (non-hydrogen) atoms. The van der Waals surface area contributed by atoms with Crippen LogP contribution in [0, 0.1) is 13.8 Å². The van der Waals surface area contributed by atoms with E-state index in [1.165, 1.54) is 5.69 Å². The van der Waals surface area contributed by atoms with Crippen molar-refractivity contribution in [3.8, 4) is 0 Å². The minimum absolute atomic E-state index is 0.529. The molecule has 2 nitrogen and oxygen atoms in total. The molecular weight excluding hydrogens is 124 g/mol. The lowest BCUT2D eigenvalue weighted by Gasteiger charge is -2.08. The second kappa shape index (κ2) is 2.45. The van der Waals surface area contributed by atoms with Crippen molar-refractivity contribution in [1.82, 2.24) is 9.55 Å². The molecular formula is C8H14N2. The van der Waals surface area contributed by atoms with E-state index in [1.54, 1.807) is 0 Å². The van der Waals surface area contributed by atoms with Crippen LogP contribution in [0.2, 0.25) is 0 Å². The highest BCUT2D eigenvalue weighted by Crippen LogP contribution is 2.10. The monoisotopic (exact) mass is 138 g/mol. The topological polar surface area (TPSA) is 17.8 Å². The molecule has 0 saturated carbocycles. The van der Waals surface area contributed by atoms with Gasteiger partial charge < -0.3 is 4.57 Å². The summed E-state index contributed by atoms with van der Waals surface area (Å²) in [4.78, 5) is 4.20. The standard InChI is InChI=1S/C8H14N2/c1-6(2)10-5-9-7(3)8(10)4/h5-6H,1-4H3. The van der Waals surface area contributed by atoms with Crippen molar-refractivity contribution in [2.75, 3.05) is 0 Å². The van der Waals surface area contributed by atoms with Crippen LogP contribution in [0.25, 0.3) is 0 Å². The maximum Gasteiger partial charge on any atom is 0.0953 e. The summed E-state index contributed by atoms with van der Waals surface area (Å²) < 4.78 is 2.18. The number of aryl methyl sites for hydroxylation is 1. The first kappa shape index (κ1) is 7.32. The highest BCUT2D eigenvalue weighted by molar-refractivity contribution is 5.09. The molecule has 0 amide bonds. The first-order chi connectivity index (χ1) is 4.63. The second-order valence-electron chi connectivity index (χ2n) is 2.92. The normalized spacial score (nSPS) is 10.9. The number of nitrogens with zero attached hydrogens (tertiary/aromatic N) is 2. The van der Waals surface area contributed by atoms with Gasteiger partial charge in [-0.3, -0.25) is 0 Å². The third kappa shape index (κ3) is 1.06. The van der Waals surface area contributed by atoms with E-state index in [-0.39, 0.29) is 0 Å². The molecule has 56 valence electrons. The van der Waals surface area contributed by atoms with E-state index in [1.807, 2.05) is 13.3 Å². The molecule has 1 aromatic heterocycles. The summed E-state index contributed by atoms with van der Waals surface area (Å²) in [5.41, 5.74) is 2.41. The Bertz CT molecular complexity index is 223. The number of hydrogen-bond acceptors (Lipinski definition) is 1. The van der Waals surface area contributed by atoms with Gasteiger partial charge in [0.15, 0.2) is 0 Å². The van der Waals surface area contributed by atoms with E-state index < -0.39 is 0 Å². The van der Waals surface area contributed by atoms with Crippen LogP contribution in [0.3, 0.4) is 0 Å². The third-order valence-electron chi connectivity index (χ3n) is 1.84. The molecule has 0 fully saturated rings. The van der Waals surface area contributed by atoms with Gasteiger partial charge in [-0.15, -0.1) is 0 Å². The second-order valence-corrected chi connectivity index (χ2v) is 2.92. The van der Waals surface area contributed by atoms with E-state index >= 15 is 0 Å². The Morgan fingerprint density at radius 2 is 2.00 bits per heavy atom. The van der Waals surface area contributed by atoms with Gasteiger partial charge in [0.1, 0.15) is 0 Å². The van der Waals surface area contributed by atoms with Crippen LogP contribution in [0.5, 0.6) is 0 Å². The summed E-state index contributed by atoms with van der Waals surface area (Å²) >= 11 is 0. The van der Waals surface area contributed by atoms with Crippen molar-refractivity contribution in [2.45, 2.75) is 33.7 Å². The summed E-state index contributed by atoms with van der Waals surface area (Å²) in [7, 11) is 0. The molecule has 0 radical (unpaired) electrons. The van der Waals surface area contributed by atoms with Gasteiger partial charge in [0.25, 0.3) is 0 Å². The predicted molar refractivity (Wildman–Crippen MR) is 42.1 cm³/mol. The lowest BCUT2D eigenvalue weighted by molar-refractivity contribution is 0.585. The summed E-state index contributed by atoms with van der Waals surface area (Å²) in [6.45, 7) is 8.46. The molecule has 1 aromatic rings. The lowest BCUT2D eigenvalue weighted by atomic mass is 10.3. The Morgan fingerprint density at radius 3 is 2.20 bits per heavy atom. The Hall–Kier alpha value is -0.790. The predicted octanol–water partition coefficient (Wildman–Crippen LogP) is 2.08.